The molecule has 0 saturated heterocycles. The largest absolute Gasteiger partial charge is 0.323 e. The molecule has 0 saturated carbocycles. The van der Waals surface area contributed by atoms with Gasteiger partial charge < -0.3 is 5.32 Å². The van der Waals surface area contributed by atoms with Gasteiger partial charge in [-0.3, -0.25) is 18.8 Å². The highest BCUT2D eigenvalue weighted by Gasteiger charge is 2.31. The average Bonchev–Trinajstić information content (AvgIpc) is 2.82. The summed E-state index contributed by atoms with van der Waals surface area (Å²) >= 11 is 6.25. The van der Waals surface area contributed by atoms with Gasteiger partial charge in [-0.1, -0.05) is 29.8 Å². The number of anilines is 3. The van der Waals surface area contributed by atoms with Crippen LogP contribution in [0.15, 0.2) is 84.3 Å². The second-order valence-electron chi connectivity index (χ2n) is 7.40. The maximum Gasteiger partial charge on any atom is 0.266 e. The van der Waals surface area contributed by atoms with E-state index in [9.17, 15) is 22.4 Å². The number of carbonyl (C=O) groups is 2. The molecule has 0 aliphatic carbocycles. The third kappa shape index (κ3) is 4.40. The van der Waals surface area contributed by atoms with Crippen molar-refractivity contribution in [3.63, 3.8) is 0 Å². The number of hydrogen-bond acceptors (Lipinski definition) is 4. The van der Waals surface area contributed by atoms with E-state index in [1.165, 1.54) is 41.3 Å². The molecule has 2 amide bonds. The second kappa shape index (κ2) is 9.28. The monoisotopic (exact) mass is 499 g/mol. The van der Waals surface area contributed by atoms with Gasteiger partial charge in [0.2, 0.25) is 5.91 Å². The van der Waals surface area contributed by atoms with Crippen LogP contribution in [-0.4, -0.2) is 33.3 Å². The number of fused-ring (bicyclic) bond motifs is 1. The van der Waals surface area contributed by atoms with Crippen LogP contribution in [-0.2, 0) is 14.8 Å². The van der Waals surface area contributed by atoms with Crippen molar-refractivity contribution in [2.45, 2.75) is 4.90 Å². The van der Waals surface area contributed by atoms with E-state index in [-0.39, 0.29) is 40.2 Å². The Morgan fingerprint density at radius 3 is 2.56 bits per heavy atom. The normalized spacial score (nSPS) is 13.1. The molecule has 3 aromatic carbocycles. The summed E-state index contributed by atoms with van der Waals surface area (Å²) < 4.78 is 41.5. The molecule has 0 spiro atoms. The Labute approximate surface area is 201 Å². The zero-order valence-corrected chi connectivity index (χ0v) is 19.3. The van der Waals surface area contributed by atoms with Crippen molar-refractivity contribution in [3.05, 3.63) is 95.8 Å². The van der Waals surface area contributed by atoms with Crippen molar-refractivity contribution in [3.8, 4) is 0 Å². The van der Waals surface area contributed by atoms with Crippen LogP contribution < -0.4 is 14.5 Å². The fourth-order valence-corrected chi connectivity index (χ4v) is 5.53. The number of nitrogens with one attached hydrogen (secondary N) is 1. The molecule has 0 atom stereocenters. The van der Waals surface area contributed by atoms with Crippen LogP contribution in [0, 0.1) is 5.82 Å². The highest BCUT2D eigenvalue weighted by Crippen LogP contribution is 2.33. The van der Waals surface area contributed by atoms with Gasteiger partial charge in [0.05, 0.1) is 28.6 Å². The number of sulfonamides is 1. The standard InChI is InChI=1S/C24H19ClFN3O4S/c1-2-13-29(18-10-8-17(26)9-11-18)34(32,33)22-14-16(7-12-19(22)25)24(31)28-15-23(30)27-20-5-3-4-6-21(20)28/h2-12,14H,1,13,15H2,(H,27,30). The molecule has 34 heavy (non-hydrogen) atoms. The van der Waals surface area contributed by atoms with Gasteiger partial charge >= 0.3 is 0 Å². The maximum atomic E-state index is 13.5. The Morgan fingerprint density at radius 1 is 1.15 bits per heavy atom. The van der Waals surface area contributed by atoms with Gasteiger partial charge in [-0.05, 0) is 54.6 Å². The summed E-state index contributed by atoms with van der Waals surface area (Å²) in [5, 5.41) is 2.61. The summed E-state index contributed by atoms with van der Waals surface area (Å²) in [5.74, 6) is -1.45. The lowest BCUT2D eigenvalue weighted by molar-refractivity contribution is -0.115. The first kappa shape index (κ1) is 23.5. The third-order valence-corrected chi connectivity index (χ3v) is 7.45. The number of hydrogen-bond donors (Lipinski definition) is 1. The number of carbonyl (C=O) groups excluding carboxylic acids is 2. The molecule has 0 fully saturated rings. The van der Waals surface area contributed by atoms with E-state index in [1.54, 1.807) is 24.3 Å². The van der Waals surface area contributed by atoms with Crippen molar-refractivity contribution < 1.29 is 22.4 Å². The Hall–Kier alpha value is -3.69. The van der Waals surface area contributed by atoms with Gasteiger partial charge in [-0.2, -0.15) is 0 Å². The first-order chi connectivity index (χ1) is 16.2. The first-order valence-corrected chi connectivity index (χ1v) is 11.9. The molecule has 7 nitrogen and oxygen atoms in total. The van der Waals surface area contributed by atoms with E-state index in [4.69, 9.17) is 11.6 Å². The molecule has 1 heterocycles. The quantitative estimate of drug-likeness (QED) is 0.507. The van der Waals surface area contributed by atoms with Crippen LogP contribution >= 0.6 is 11.6 Å². The number of benzene rings is 3. The van der Waals surface area contributed by atoms with Crippen molar-refractivity contribution in [2.24, 2.45) is 0 Å². The van der Waals surface area contributed by atoms with Crippen LogP contribution in [0.3, 0.4) is 0 Å². The average molecular weight is 500 g/mol. The highest BCUT2D eigenvalue weighted by atomic mass is 35.5. The van der Waals surface area contributed by atoms with Gasteiger partial charge in [0, 0.05) is 5.56 Å². The molecular weight excluding hydrogens is 481 g/mol. The summed E-state index contributed by atoms with van der Waals surface area (Å²) in [6.45, 7) is 3.26. The summed E-state index contributed by atoms with van der Waals surface area (Å²) in [7, 11) is -4.26. The second-order valence-corrected chi connectivity index (χ2v) is 9.64. The zero-order valence-electron chi connectivity index (χ0n) is 17.7. The molecule has 1 aliphatic rings. The van der Waals surface area contributed by atoms with E-state index >= 15 is 0 Å². The van der Waals surface area contributed by atoms with Crippen LogP contribution in [0.4, 0.5) is 21.5 Å². The number of halogens is 2. The van der Waals surface area contributed by atoms with E-state index in [2.05, 4.69) is 11.9 Å². The van der Waals surface area contributed by atoms with Gasteiger partial charge in [-0.25, -0.2) is 12.8 Å². The smallest absolute Gasteiger partial charge is 0.266 e. The van der Waals surface area contributed by atoms with Gasteiger partial charge in [0.25, 0.3) is 15.9 Å². The molecule has 3 aromatic rings. The van der Waals surface area contributed by atoms with Crippen LogP contribution in [0.25, 0.3) is 0 Å². The molecule has 0 radical (unpaired) electrons. The number of amides is 2. The molecule has 0 aromatic heterocycles. The Balaban J connectivity index is 1.76. The molecule has 10 heteroatoms. The fourth-order valence-electron chi connectivity index (χ4n) is 3.59. The van der Waals surface area contributed by atoms with Crippen molar-refractivity contribution in [1.29, 1.82) is 0 Å². The Morgan fingerprint density at radius 2 is 1.85 bits per heavy atom. The van der Waals surface area contributed by atoms with Gasteiger partial charge in [0.1, 0.15) is 17.3 Å². The number of nitrogens with zero attached hydrogens (tertiary/aromatic N) is 2. The summed E-state index contributed by atoms with van der Waals surface area (Å²) in [6.07, 6.45) is 1.38. The van der Waals surface area contributed by atoms with E-state index in [1.807, 2.05) is 0 Å². The fraction of sp³-hybridized carbons (Fsp3) is 0.0833. The molecule has 174 valence electrons. The van der Waals surface area contributed by atoms with Crippen LogP contribution in [0.1, 0.15) is 10.4 Å². The third-order valence-electron chi connectivity index (χ3n) is 5.17. The first-order valence-electron chi connectivity index (χ1n) is 10.1. The number of para-hydroxylation sites is 2. The predicted octanol–water partition coefficient (Wildman–Crippen LogP) is 4.46. The lowest BCUT2D eigenvalue weighted by Crippen LogP contribution is -2.42. The maximum absolute atomic E-state index is 13.5. The molecule has 0 bridgehead atoms. The van der Waals surface area contributed by atoms with Crippen LogP contribution in [0.5, 0.6) is 0 Å². The molecule has 1 N–H and O–H groups in total. The van der Waals surface area contributed by atoms with Crippen molar-refractivity contribution >= 4 is 50.5 Å². The minimum atomic E-state index is -4.26. The Kier molecular flexibility index (Phi) is 6.41. The van der Waals surface area contributed by atoms with E-state index < -0.39 is 21.7 Å². The lowest BCUT2D eigenvalue weighted by Gasteiger charge is -2.29. The molecular formula is C24H19ClFN3O4S. The summed E-state index contributed by atoms with van der Waals surface area (Å²) in [5.41, 5.74) is 1.20. The van der Waals surface area contributed by atoms with Gasteiger partial charge in [-0.15, -0.1) is 6.58 Å². The van der Waals surface area contributed by atoms with Crippen molar-refractivity contribution in [2.75, 3.05) is 27.6 Å². The molecule has 1 aliphatic heterocycles. The summed E-state index contributed by atoms with van der Waals surface area (Å²) in [4.78, 5) is 26.4. The van der Waals surface area contributed by atoms with E-state index in [0.717, 1.165) is 16.4 Å². The summed E-state index contributed by atoms with van der Waals surface area (Å²) in [6, 6.07) is 15.6. The topological polar surface area (TPSA) is 86.8 Å². The minimum absolute atomic E-state index is 0.0325. The highest BCUT2D eigenvalue weighted by molar-refractivity contribution is 7.93. The number of rotatable bonds is 6. The Bertz CT molecular complexity index is 1390. The SMILES string of the molecule is C=CCN(c1ccc(F)cc1)S(=O)(=O)c1cc(C(=O)N2CC(=O)Nc3ccccc32)ccc1Cl. The molecule has 0 unspecified atom stereocenters. The van der Waals surface area contributed by atoms with E-state index in [0.29, 0.717) is 11.4 Å². The zero-order chi connectivity index (χ0) is 24.5. The van der Waals surface area contributed by atoms with Crippen LogP contribution in [0.2, 0.25) is 5.02 Å². The van der Waals surface area contributed by atoms with Crippen molar-refractivity contribution in [1.82, 2.24) is 0 Å². The predicted molar refractivity (Wildman–Crippen MR) is 129 cm³/mol. The lowest BCUT2D eigenvalue weighted by atomic mass is 10.1. The minimum Gasteiger partial charge on any atom is -0.323 e. The molecule has 4 rings (SSSR count). The van der Waals surface area contributed by atoms with Gasteiger partial charge in [0.15, 0.2) is 0 Å².